The van der Waals surface area contributed by atoms with Crippen LogP contribution in [-0.4, -0.2) is 117 Å². The van der Waals surface area contributed by atoms with Gasteiger partial charge in [0.25, 0.3) is 17.8 Å². The maximum Gasteiger partial charge on any atom is 0.254 e. The minimum absolute atomic E-state index is 0.411. The number of nitrogens with zero attached hydrogens (tertiary/aromatic N) is 15. The molecule has 19 nitrogen and oxygen atoms in total. The number of nitrogens with one attached hydrogen (secondary N) is 1. The number of nitrogen functional groups attached to an aromatic ring is 3. The lowest BCUT2D eigenvalue weighted by Gasteiger charge is -2.33. The van der Waals surface area contributed by atoms with Crippen LogP contribution in [0.25, 0.3) is 17.8 Å². The van der Waals surface area contributed by atoms with Crippen LogP contribution in [0.4, 0.5) is 34.9 Å². The molecule has 1 saturated carbocycles. The molecule has 0 unspecified atom stereocenters. The highest BCUT2D eigenvalue weighted by molar-refractivity contribution is 9.11. The fourth-order valence-corrected chi connectivity index (χ4v) is 6.43. The maximum absolute atomic E-state index is 5.99. The fraction of sp³-hybridized carbons (Fsp3) is 0.344. The lowest BCUT2D eigenvalue weighted by atomic mass is 10.2. The zero-order valence-electron chi connectivity index (χ0n) is 29.2. The first-order valence-corrected chi connectivity index (χ1v) is 19.5. The Kier molecular flexibility index (Phi) is 11.5. The topological polar surface area (TPSA) is 231 Å². The van der Waals surface area contributed by atoms with Crippen molar-refractivity contribution in [2.75, 3.05) is 78.6 Å². The lowest BCUT2D eigenvalue weighted by molar-refractivity contribution is 0.312. The van der Waals surface area contributed by atoms with Crippen LogP contribution in [-0.2, 0) is 0 Å². The average Bonchev–Trinajstić information content (AvgIpc) is 3.60. The molecule has 0 radical (unpaired) electrons. The number of halogens is 3. The summed E-state index contributed by atoms with van der Waals surface area (Å²) in [6.45, 7) is 5.87. The van der Waals surface area contributed by atoms with Crippen LogP contribution < -0.4 is 32.3 Å². The van der Waals surface area contributed by atoms with Crippen LogP contribution in [0.15, 0.2) is 68.8 Å². The summed E-state index contributed by atoms with van der Waals surface area (Å²) in [6, 6.07) is 5.98. The quantitative estimate of drug-likeness (QED) is 0.179. The summed E-state index contributed by atoms with van der Waals surface area (Å²) < 4.78 is 7.02. The minimum atomic E-state index is 0.411. The van der Waals surface area contributed by atoms with Gasteiger partial charge in [-0.1, -0.05) is 0 Å². The number of rotatable bonds is 7. The molecule has 0 bridgehead atoms. The Morgan fingerprint density at radius 3 is 1.39 bits per heavy atom. The minimum Gasteiger partial charge on any atom is -0.383 e. The monoisotopic (exact) mass is 925 g/mol. The van der Waals surface area contributed by atoms with Crippen molar-refractivity contribution in [3.63, 3.8) is 0 Å². The van der Waals surface area contributed by atoms with Crippen molar-refractivity contribution in [1.82, 2.24) is 64.1 Å². The second kappa shape index (κ2) is 16.6. The fourth-order valence-electron chi connectivity index (χ4n) is 5.28. The number of nitrogens with two attached hydrogens (primary N) is 3. The molecule has 0 amide bonds. The number of piperazine rings is 1. The molecule has 7 N–H and O–H groups in total. The van der Waals surface area contributed by atoms with E-state index in [1.165, 1.54) is 19.3 Å². The summed E-state index contributed by atoms with van der Waals surface area (Å²) in [4.78, 5) is 32.8. The van der Waals surface area contributed by atoms with E-state index >= 15 is 0 Å². The van der Waals surface area contributed by atoms with E-state index < -0.39 is 0 Å². The summed E-state index contributed by atoms with van der Waals surface area (Å²) in [5.74, 6) is 5.14. The van der Waals surface area contributed by atoms with Crippen molar-refractivity contribution in [3.8, 4) is 17.8 Å². The molecule has 0 atom stereocenters. The number of hydrogen-bond acceptors (Lipinski definition) is 16. The number of anilines is 6. The molecule has 0 spiro atoms. The molecular weight excluding hydrogens is 890 g/mol. The van der Waals surface area contributed by atoms with E-state index in [2.05, 4.69) is 120 Å². The second-order valence-corrected chi connectivity index (χ2v) is 14.9. The largest absolute Gasteiger partial charge is 0.383 e. The molecule has 0 aromatic carbocycles. The predicted molar refractivity (Wildman–Crippen MR) is 217 cm³/mol. The highest BCUT2D eigenvalue weighted by atomic mass is 79.9. The van der Waals surface area contributed by atoms with Gasteiger partial charge in [0, 0.05) is 82.5 Å². The molecule has 8 heterocycles. The molecule has 2 aliphatic heterocycles. The molecule has 54 heavy (non-hydrogen) atoms. The Morgan fingerprint density at radius 1 is 0.574 bits per heavy atom. The van der Waals surface area contributed by atoms with Gasteiger partial charge in [0.1, 0.15) is 36.7 Å². The lowest BCUT2D eigenvalue weighted by Crippen LogP contribution is -2.45. The van der Waals surface area contributed by atoms with Gasteiger partial charge >= 0.3 is 0 Å². The van der Waals surface area contributed by atoms with Crippen LogP contribution in [0.2, 0.25) is 0 Å². The number of likely N-dealkylation sites (N-methyl/N-ethyl adjacent to an activating group) is 1. The summed E-state index contributed by atoms with van der Waals surface area (Å²) >= 11 is 10.3. The third-order valence-electron chi connectivity index (χ3n) is 8.56. The third kappa shape index (κ3) is 8.71. The molecule has 2 saturated heterocycles. The van der Waals surface area contributed by atoms with E-state index in [1.54, 1.807) is 51.2 Å². The second-order valence-electron chi connectivity index (χ2n) is 12.6. The van der Waals surface area contributed by atoms with Gasteiger partial charge in [-0.3, -0.25) is 0 Å². The van der Waals surface area contributed by atoms with E-state index in [0.717, 1.165) is 65.7 Å². The summed E-state index contributed by atoms with van der Waals surface area (Å²) in [5.41, 5.74) is 17.7. The molecular formula is C32H38Br3N19. The van der Waals surface area contributed by atoms with Crippen molar-refractivity contribution >= 4 is 82.7 Å². The van der Waals surface area contributed by atoms with Crippen molar-refractivity contribution in [2.24, 2.45) is 0 Å². The van der Waals surface area contributed by atoms with Gasteiger partial charge in [0.15, 0.2) is 11.6 Å². The molecule has 22 heteroatoms. The van der Waals surface area contributed by atoms with Crippen LogP contribution in [0.5, 0.6) is 0 Å². The van der Waals surface area contributed by atoms with Crippen LogP contribution in [0.3, 0.4) is 0 Å². The van der Waals surface area contributed by atoms with Gasteiger partial charge in [0.2, 0.25) is 0 Å². The molecule has 6 aromatic heterocycles. The zero-order chi connectivity index (χ0) is 37.8. The summed E-state index contributed by atoms with van der Waals surface area (Å²) in [7, 11) is 2.12. The van der Waals surface area contributed by atoms with Crippen LogP contribution in [0, 0.1) is 0 Å². The molecule has 1 aliphatic carbocycles. The smallest absolute Gasteiger partial charge is 0.254 e. The van der Waals surface area contributed by atoms with Gasteiger partial charge < -0.3 is 37.2 Å². The highest BCUT2D eigenvalue weighted by Crippen LogP contribution is 2.33. The van der Waals surface area contributed by atoms with Crippen molar-refractivity contribution in [1.29, 1.82) is 0 Å². The Morgan fingerprint density at radius 2 is 1.00 bits per heavy atom. The first kappa shape index (κ1) is 37.4. The SMILES string of the molecule is CN1CCN(c2nc(-n3cccn3)nc(N)c2Br)CC1.Nc1nc(-n2cccn2)nc(N2CCC2)c1Br.Nc1nc(-n2cccn2)nc(NC2CC2)c1Br. The predicted octanol–water partition coefficient (Wildman–Crippen LogP) is 3.56. The Bertz CT molecular complexity index is 2140. The maximum atomic E-state index is 5.99. The first-order valence-electron chi connectivity index (χ1n) is 17.1. The first-order chi connectivity index (χ1) is 26.1. The molecule has 9 rings (SSSR count). The summed E-state index contributed by atoms with van der Waals surface area (Å²) in [6.07, 6.45) is 14.0. The van der Waals surface area contributed by atoms with Gasteiger partial charge in [-0.05, 0) is 92.3 Å². The third-order valence-corrected chi connectivity index (χ3v) is 10.9. The van der Waals surface area contributed by atoms with Crippen molar-refractivity contribution in [2.45, 2.75) is 25.3 Å². The molecule has 3 fully saturated rings. The van der Waals surface area contributed by atoms with E-state index in [-0.39, 0.29) is 0 Å². The van der Waals surface area contributed by atoms with Gasteiger partial charge in [0.05, 0.1) is 0 Å². The van der Waals surface area contributed by atoms with E-state index in [9.17, 15) is 0 Å². The van der Waals surface area contributed by atoms with Gasteiger partial charge in [-0.25, -0.2) is 14.0 Å². The van der Waals surface area contributed by atoms with E-state index in [1.807, 2.05) is 18.2 Å². The standard InChI is InChI=1S/C12H16BrN7.2C10H11BrN6/c1-18-5-7-19(8-6-18)11-9(13)10(14)16-12(17-11)20-4-2-3-15-20;11-7-8(12)15-10(17-5-1-4-13-17)16-9(7)14-6-2-3-6;11-7-8(12)14-10(17-6-1-3-13-17)15-9(7)16-4-2-5-16/h2-4H,5-8H2,1H3,(H2,14,16,17);1,4-6H,2-3H2,(H3,12,14,15,16);1,3,6H,2,4-5H2,(H2,12,14,15). The molecule has 3 aliphatic rings. The normalized spacial score (nSPS) is 15.5. The Hall–Kier alpha value is -4.93. The van der Waals surface area contributed by atoms with Gasteiger partial charge in [-0.2, -0.15) is 45.2 Å². The average molecular weight is 929 g/mol. The Balaban J connectivity index is 0.000000126. The van der Waals surface area contributed by atoms with E-state index in [4.69, 9.17) is 17.2 Å². The van der Waals surface area contributed by atoms with Crippen molar-refractivity contribution < 1.29 is 0 Å². The zero-order valence-corrected chi connectivity index (χ0v) is 34.0. The number of hydrogen-bond donors (Lipinski definition) is 4. The Labute approximate surface area is 335 Å². The number of aromatic nitrogens is 12. The van der Waals surface area contributed by atoms with Crippen molar-refractivity contribution in [3.05, 3.63) is 68.8 Å². The highest BCUT2D eigenvalue weighted by Gasteiger charge is 2.25. The van der Waals surface area contributed by atoms with Gasteiger partial charge in [-0.15, -0.1) is 0 Å². The van der Waals surface area contributed by atoms with Crippen LogP contribution in [0.1, 0.15) is 19.3 Å². The molecule has 282 valence electrons. The van der Waals surface area contributed by atoms with E-state index in [0.29, 0.717) is 45.8 Å². The summed E-state index contributed by atoms with van der Waals surface area (Å²) in [5, 5.41) is 15.6. The molecule has 6 aromatic rings. The van der Waals surface area contributed by atoms with Crippen LogP contribution >= 0.6 is 47.8 Å².